The number of likely N-dealkylation sites (tertiary alicyclic amines) is 2. The molecule has 3 aliphatic rings. The van der Waals surface area contributed by atoms with Crippen molar-refractivity contribution in [3.63, 3.8) is 0 Å². The van der Waals surface area contributed by atoms with Gasteiger partial charge in [0.25, 0.3) is 0 Å². The topological polar surface area (TPSA) is 60.9 Å². The van der Waals surface area contributed by atoms with Crippen LogP contribution in [-0.4, -0.2) is 52.5 Å². The molecule has 4 rings (SSSR count). The van der Waals surface area contributed by atoms with E-state index >= 15 is 0 Å². The van der Waals surface area contributed by atoms with E-state index in [9.17, 15) is 14.7 Å². The highest BCUT2D eigenvalue weighted by atomic mass is 32.1. The molecule has 1 aromatic rings. The molecule has 2 aliphatic heterocycles. The molecule has 1 N–H and O–H groups in total. The van der Waals surface area contributed by atoms with Gasteiger partial charge in [0.2, 0.25) is 5.91 Å². The standard InChI is InChI=1S/C18H24N2O3S/c21-16(13-3-4-13)19-7-5-18(6-8-19)10-15(17(22)23)20(12-18)11-14-2-1-9-24-14/h1-2,9,13,15H,3-8,10-12H2,(H,22,23)/t15-/m0/s1. The highest BCUT2D eigenvalue weighted by Gasteiger charge is 2.49. The van der Waals surface area contributed by atoms with Crippen LogP contribution in [0.4, 0.5) is 0 Å². The Bertz CT molecular complexity index is 618. The van der Waals surface area contributed by atoms with Gasteiger partial charge in [0, 0.05) is 37.0 Å². The fourth-order valence-corrected chi connectivity index (χ4v) is 5.04. The monoisotopic (exact) mass is 348 g/mol. The molecule has 0 unspecified atom stereocenters. The van der Waals surface area contributed by atoms with E-state index in [1.807, 2.05) is 16.3 Å². The molecule has 2 saturated heterocycles. The molecule has 1 spiro atoms. The first-order chi connectivity index (χ1) is 11.6. The molecular weight excluding hydrogens is 324 g/mol. The minimum absolute atomic E-state index is 0.0701. The normalized spacial score (nSPS) is 26.8. The number of thiophene rings is 1. The number of piperidine rings is 1. The molecule has 3 heterocycles. The van der Waals surface area contributed by atoms with E-state index in [-0.39, 0.29) is 11.3 Å². The summed E-state index contributed by atoms with van der Waals surface area (Å²) in [7, 11) is 0. The van der Waals surface area contributed by atoms with E-state index in [1.54, 1.807) is 11.3 Å². The smallest absolute Gasteiger partial charge is 0.320 e. The molecule has 6 heteroatoms. The Labute approximate surface area is 146 Å². The van der Waals surface area contributed by atoms with Gasteiger partial charge in [0.15, 0.2) is 0 Å². The molecule has 1 aromatic heterocycles. The van der Waals surface area contributed by atoms with Crippen molar-refractivity contribution in [2.45, 2.75) is 44.7 Å². The molecule has 130 valence electrons. The van der Waals surface area contributed by atoms with Gasteiger partial charge in [-0.05, 0) is 49.0 Å². The van der Waals surface area contributed by atoms with Crippen molar-refractivity contribution in [3.05, 3.63) is 22.4 Å². The Balaban J connectivity index is 1.42. The zero-order valence-electron chi connectivity index (χ0n) is 13.8. The van der Waals surface area contributed by atoms with Gasteiger partial charge in [-0.15, -0.1) is 11.3 Å². The van der Waals surface area contributed by atoms with Gasteiger partial charge in [-0.3, -0.25) is 14.5 Å². The predicted octanol–water partition coefficient (Wildman–Crippen LogP) is 2.43. The van der Waals surface area contributed by atoms with Crippen LogP contribution < -0.4 is 0 Å². The molecule has 5 nitrogen and oxygen atoms in total. The maximum atomic E-state index is 12.2. The van der Waals surface area contributed by atoms with Gasteiger partial charge in [0.1, 0.15) is 6.04 Å². The number of hydrogen-bond donors (Lipinski definition) is 1. The van der Waals surface area contributed by atoms with Crippen LogP contribution in [0.1, 0.15) is 37.0 Å². The lowest BCUT2D eigenvalue weighted by atomic mass is 9.76. The summed E-state index contributed by atoms with van der Waals surface area (Å²) in [4.78, 5) is 29.3. The number of nitrogens with zero attached hydrogens (tertiary/aromatic N) is 2. The summed E-state index contributed by atoms with van der Waals surface area (Å²) in [6.07, 6.45) is 4.71. The molecule has 0 radical (unpaired) electrons. The summed E-state index contributed by atoms with van der Waals surface area (Å²) in [5.41, 5.74) is 0.0701. The summed E-state index contributed by atoms with van der Waals surface area (Å²) >= 11 is 1.69. The van der Waals surface area contributed by atoms with Crippen LogP contribution in [0.15, 0.2) is 17.5 Å². The molecule has 1 atom stereocenters. The first kappa shape index (κ1) is 16.1. The van der Waals surface area contributed by atoms with Crippen LogP contribution in [0.25, 0.3) is 0 Å². The Kier molecular flexibility index (Phi) is 4.12. The van der Waals surface area contributed by atoms with Crippen LogP contribution in [0, 0.1) is 11.3 Å². The van der Waals surface area contributed by atoms with Gasteiger partial charge < -0.3 is 10.0 Å². The Hall–Kier alpha value is -1.40. The lowest BCUT2D eigenvalue weighted by molar-refractivity contribution is -0.142. The van der Waals surface area contributed by atoms with E-state index in [0.717, 1.165) is 58.3 Å². The molecule has 1 saturated carbocycles. The maximum absolute atomic E-state index is 12.2. The van der Waals surface area contributed by atoms with E-state index < -0.39 is 12.0 Å². The number of rotatable bonds is 4. The Morgan fingerprint density at radius 2 is 2.04 bits per heavy atom. The van der Waals surface area contributed by atoms with Crippen LogP contribution >= 0.6 is 11.3 Å². The van der Waals surface area contributed by atoms with E-state index in [1.165, 1.54) is 4.88 Å². The zero-order chi connectivity index (χ0) is 16.7. The number of carboxylic acid groups (broad SMARTS) is 1. The third kappa shape index (κ3) is 3.09. The van der Waals surface area contributed by atoms with Crippen LogP contribution in [-0.2, 0) is 16.1 Å². The number of hydrogen-bond acceptors (Lipinski definition) is 4. The van der Waals surface area contributed by atoms with Crippen molar-refractivity contribution < 1.29 is 14.7 Å². The largest absolute Gasteiger partial charge is 0.480 e. The first-order valence-electron chi connectivity index (χ1n) is 8.84. The fraction of sp³-hybridized carbons (Fsp3) is 0.667. The lowest BCUT2D eigenvalue weighted by Crippen LogP contribution is -2.44. The Morgan fingerprint density at radius 3 is 2.62 bits per heavy atom. The van der Waals surface area contributed by atoms with Gasteiger partial charge in [-0.1, -0.05) is 6.07 Å². The number of carbonyl (C=O) groups is 2. The third-order valence-corrected chi connectivity index (χ3v) is 6.75. The predicted molar refractivity (Wildman–Crippen MR) is 91.7 cm³/mol. The van der Waals surface area contributed by atoms with Crippen molar-refractivity contribution in [1.82, 2.24) is 9.80 Å². The second-order valence-electron chi connectivity index (χ2n) is 7.64. The maximum Gasteiger partial charge on any atom is 0.320 e. The van der Waals surface area contributed by atoms with Gasteiger partial charge in [0.05, 0.1) is 0 Å². The number of carboxylic acids is 1. The SMILES string of the molecule is O=C(O)[C@@H]1CC2(CCN(C(=O)C3CC3)CC2)CN1Cc1cccs1. The van der Waals surface area contributed by atoms with Crippen molar-refractivity contribution in [2.24, 2.45) is 11.3 Å². The third-order valence-electron chi connectivity index (χ3n) is 5.89. The van der Waals surface area contributed by atoms with Crippen molar-refractivity contribution >= 4 is 23.2 Å². The first-order valence-corrected chi connectivity index (χ1v) is 9.72. The van der Waals surface area contributed by atoms with Gasteiger partial charge >= 0.3 is 5.97 Å². The van der Waals surface area contributed by atoms with Crippen LogP contribution in [0.2, 0.25) is 0 Å². The van der Waals surface area contributed by atoms with Crippen molar-refractivity contribution in [1.29, 1.82) is 0 Å². The number of amides is 1. The summed E-state index contributed by atoms with van der Waals surface area (Å²) < 4.78 is 0. The zero-order valence-corrected chi connectivity index (χ0v) is 14.6. The summed E-state index contributed by atoms with van der Waals surface area (Å²) in [6, 6.07) is 3.70. The van der Waals surface area contributed by atoms with Crippen LogP contribution in [0.3, 0.4) is 0 Å². The average molecular weight is 348 g/mol. The second kappa shape index (κ2) is 6.15. The summed E-state index contributed by atoms with van der Waals surface area (Å²) in [5.74, 6) is -0.0993. The highest BCUT2D eigenvalue weighted by molar-refractivity contribution is 7.09. The number of aliphatic carboxylic acids is 1. The molecule has 0 bridgehead atoms. The fourth-order valence-electron chi connectivity index (χ4n) is 4.31. The molecule has 1 amide bonds. The molecule has 24 heavy (non-hydrogen) atoms. The summed E-state index contributed by atoms with van der Waals surface area (Å²) in [6.45, 7) is 3.16. The number of carbonyl (C=O) groups excluding carboxylic acids is 1. The highest BCUT2D eigenvalue weighted by Crippen LogP contribution is 2.45. The molecule has 3 fully saturated rings. The lowest BCUT2D eigenvalue weighted by Gasteiger charge is -2.39. The second-order valence-corrected chi connectivity index (χ2v) is 8.67. The minimum atomic E-state index is -0.708. The van der Waals surface area contributed by atoms with E-state index in [0.29, 0.717) is 5.91 Å². The quantitative estimate of drug-likeness (QED) is 0.908. The van der Waals surface area contributed by atoms with E-state index in [2.05, 4.69) is 11.0 Å². The summed E-state index contributed by atoms with van der Waals surface area (Å²) in [5, 5.41) is 11.7. The van der Waals surface area contributed by atoms with Crippen molar-refractivity contribution in [2.75, 3.05) is 19.6 Å². The van der Waals surface area contributed by atoms with E-state index in [4.69, 9.17) is 0 Å². The molecular formula is C18H24N2O3S. The molecule has 1 aliphatic carbocycles. The van der Waals surface area contributed by atoms with Crippen LogP contribution in [0.5, 0.6) is 0 Å². The molecule has 0 aromatic carbocycles. The van der Waals surface area contributed by atoms with Crippen molar-refractivity contribution in [3.8, 4) is 0 Å². The average Bonchev–Trinajstić information content (AvgIpc) is 3.19. The van der Waals surface area contributed by atoms with Gasteiger partial charge in [-0.2, -0.15) is 0 Å². The minimum Gasteiger partial charge on any atom is -0.480 e. The Morgan fingerprint density at radius 1 is 1.29 bits per heavy atom. The van der Waals surface area contributed by atoms with Gasteiger partial charge in [-0.25, -0.2) is 0 Å².